The Hall–Kier alpha value is -0.610. The van der Waals surface area contributed by atoms with E-state index in [1.54, 1.807) is 0 Å². The highest BCUT2D eigenvalue weighted by molar-refractivity contribution is 5.75. The van der Waals surface area contributed by atoms with Crippen LogP contribution in [0.3, 0.4) is 0 Å². The lowest BCUT2D eigenvalue weighted by atomic mass is 10.2. The molecular formula is C6H13NO3. The largest absolute Gasteiger partial charge is 0.468 e. The number of methoxy groups -OCH3 is 1. The molecule has 10 heavy (non-hydrogen) atoms. The van der Waals surface area contributed by atoms with Gasteiger partial charge >= 0.3 is 5.97 Å². The Bertz CT molecular complexity index is 105. The summed E-state index contributed by atoms with van der Waals surface area (Å²) in [6, 6.07) is -0.586. The second kappa shape index (κ2) is 5.20. The number of nitrogens with two attached hydrogens (primary N) is 1. The Morgan fingerprint density at radius 2 is 2.40 bits per heavy atom. The summed E-state index contributed by atoms with van der Waals surface area (Å²) < 4.78 is 4.36. The van der Waals surface area contributed by atoms with E-state index in [0.717, 1.165) is 0 Å². The van der Waals surface area contributed by atoms with Gasteiger partial charge in [0.2, 0.25) is 0 Å². The van der Waals surface area contributed by atoms with Gasteiger partial charge < -0.3 is 15.6 Å². The number of hydrogen-bond acceptors (Lipinski definition) is 4. The van der Waals surface area contributed by atoms with Crippen molar-refractivity contribution in [2.45, 2.75) is 18.9 Å². The molecule has 0 aromatic rings. The molecule has 0 aliphatic carbocycles. The summed E-state index contributed by atoms with van der Waals surface area (Å²) in [5, 5.41) is 8.36. The third kappa shape index (κ3) is 3.42. The van der Waals surface area contributed by atoms with Crippen molar-refractivity contribution in [1.29, 1.82) is 0 Å². The maximum atomic E-state index is 10.6. The summed E-state index contributed by atoms with van der Waals surface area (Å²) in [5.74, 6) is -0.423. The SMILES string of the molecule is COC(=O)[C@H](N)CCCO. The van der Waals surface area contributed by atoms with Crippen molar-refractivity contribution in [3.8, 4) is 0 Å². The van der Waals surface area contributed by atoms with Gasteiger partial charge in [-0.05, 0) is 12.8 Å². The number of esters is 1. The fourth-order valence-corrected chi connectivity index (χ4v) is 0.580. The molecule has 0 radical (unpaired) electrons. The van der Waals surface area contributed by atoms with Crippen LogP contribution in [-0.4, -0.2) is 30.8 Å². The maximum Gasteiger partial charge on any atom is 0.322 e. The van der Waals surface area contributed by atoms with E-state index in [-0.39, 0.29) is 6.61 Å². The fraction of sp³-hybridized carbons (Fsp3) is 0.833. The molecule has 0 fully saturated rings. The minimum absolute atomic E-state index is 0.0602. The molecule has 0 heterocycles. The molecule has 0 saturated heterocycles. The first-order valence-electron chi connectivity index (χ1n) is 3.16. The molecule has 0 bridgehead atoms. The molecule has 0 aromatic heterocycles. The summed E-state index contributed by atoms with van der Waals surface area (Å²) in [6.45, 7) is 0.0602. The van der Waals surface area contributed by atoms with Crippen LogP contribution >= 0.6 is 0 Å². The van der Waals surface area contributed by atoms with E-state index in [2.05, 4.69) is 4.74 Å². The fourth-order valence-electron chi connectivity index (χ4n) is 0.580. The molecule has 4 heteroatoms. The van der Waals surface area contributed by atoms with Crippen molar-refractivity contribution < 1.29 is 14.6 Å². The zero-order valence-electron chi connectivity index (χ0n) is 6.04. The number of carbonyl (C=O) groups is 1. The lowest BCUT2D eigenvalue weighted by Crippen LogP contribution is -2.31. The van der Waals surface area contributed by atoms with Crippen molar-refractivity contribution in [1.82, 2.24) is 0 Å². The first-order chi connectivity index (χ1) is 4.72. The second-order valence-corrected chi connectivity index (χ2v) is 2.00. The number of aliphatic hydroxyl groups is 1. The summed E-state index contributed by atoms with van der Waals surface area (Å²) in [6.07, 6.45) is 1.01. The van der Waals surface area contributed by atoms with Crippen LogP contribution in [0.15, 0.2) is 0 Å². The Morgan fingerprint density at radius 3 is 2.80 bits per heavy atom. The second-order valence-electron chi connectivity index (χ2n) is 2.00. The van der Waals surface area contributed by atoms with Crippen LogP contribution < -0.4 is 5.73 Å². The van der Waals surface area contributed by atoms with Gasteiger partial charge in [0.15, 0.2) is 0 Å². The highest BCUT2D eigenvalue weighted by Crippen LogP contribution is 1.94. The van der Waals surface area contributed by atoms with Crippen LogP contribution in [0.5, 0.6) is 0 Å². The van der Waals surface area contributed by atoms with Crippen LogP contribution in [0.1, 0.15) is 12.8 Å². The van der Waals surface area contributed by atoms with Gasteiger partial charge in [-0.15, -0.1) is 0 Å². The van der Waals surface area contributed by atoms with E-state index < -0.39 is 12.0 Å². The number of hydrogen-bond donors (Lipinski definition) is 2. The van der Waals surface area contributed by atoms with Crippen molar-refractivity contribution in [3.05, 3.63) is 0 Å². The smallest absolute Gasteiger partial charge is 0.322 e. The van der Waals surface area contributed by atoms with Crippen molar-refractivity contribution in [3.63, 3.8) is 0 Å². The molecular weight excluding hydrogens is 134 g/mol. The first kappa shape index (κ1) is 9.39. The quantitative estimate of drug-likeness (QED) is 0.514. The van der Waals surface area contributed by atoms with Crippen LogP contribution in [0, 0.1) is 0 Å². The van der Waals surface area contributed by atoms with Crippen molar-refractivity contribution >= 4 is 5.97 Å². The van der Waals surface area contributed by atoms with Crippen molar-refractivity contribution in [2.75, 3.05) is 13.7 Å². The van der Waals surface area contributed by atoms with Gasteiger partial charge in [-0.3, -0.25) is 4.79 Å². The lowest BCUT2D eigenvalue weighted by Gasteiger charge is -2.06. The Kier molecular flexibility index (Phi) is 4.88. The van der Waals surface area contributed by atoms with E-state index in [1.807, 2.05) is 0 Å². The normalized spacial score (nSPS) is 12.7. The molecule has 0 aromatic carbocycles. The molecule has 0 unspecified atom stereocenters. The molecule has 0 aliphatic rings. The monoisotopic (exact) mass is 147 g/mol. The van der Waals surface area contributed by atoms with Crippen molar-refractivity contribution in [2.24, 2.45) is 5.73 Å². The third-order valence-corrected chi connectivity index (χ3v) is 1.18. The number of carbonyl (C=O) groups excluding carboxylic acids is 1. The minimum atomic E-state index is -0.586. The van der Waals surface area contributed by atoms with Crippen LogP contribution in [0.4, 0.5) is 0 Å². The number of rotatable bonds is 4. The van der Waals surface area contributed by atoms with Gasteiger partial charge in [-0.2, -0.15) is 0 Å². The number of ether oxygens (including phenoxy) is 1. The topological polar surface area (TPSA) is 72.5 Å². The zero-order valence-corrected chi connectivity index (χ0v) is 6.04. The van der Waals surface area contributed by atoms with Gasteiger partial charge in [0, 0.05) is 6.61 Å². The summed E-state index contributed by atoms with van der Waals surface area (Å²) in [4.78, 5) is 10.6. The average molecular weight is 147 g/mol. The molecule has 1 atom stereocenters. The molecule has 0 amide bonds. The summed E-state index contributed by atoms with van der Waals surface area (Å²) >= 11 is 0. The van der Waals surface area contributed by atoms with E-state index in [1.165, 1.54) is 7.11 Å². The van der Waals surface area contributed by atoms with Gasteiger partial charge in [0.25, 0.3) is 0 Å². The molecule has 3 N–H and O–H groups in total. The first-order valence-corrected chi connectivity index (χ1v) is 3.16. The lowest BCUT2D eigenvalue weighted by molar-refractivity contribution is -0.142. The number of aliphatic hydroxyl groups excluding tert-OH is 1. The standard InChI is InChI=1S/C6H13NO3/c1-10-6(9)5(7)3-2-4-8/h5,8H,2-4,7H2,1H3/t5-/m1/s1. The van der Waals surface area contributed by atoms with Crippen LogP contribution in [-0.2, 0) is 9.53 Å². The Morgan fingerprint density at radius 1 is 1.80 bits per heavy atom. The maximum absolute atomic E-state index is 10.6. The Balaban J connectivity index is 3.41. The highest BCUT2D eigenvalue weighted by Gasteiger charge is 2.11. The highest BCUT2D eigenvalue weighted by atomic mass is 16.5. The summed E-state index contributed by atoms with van der Waals surface area (Å²) in [5.41, 5.74) is 5.33. The molecule has 0 saturated carbocycles. The zero-order chi connectivity index (χ0) is 7.98. The summed E-state index contributed by atoms with van der Waals surface area (Å²) in [7, 11) is 1.29. The van der Waals surface area contributed by atoms with Gasteiger partial charge in [-0.1, -0.05) is 0 Å². The van der Waals surface area contributed by atoms with E-state index in [9.17, 15) is 4.79 Å². The van der Waals surface area contributed by atoms with E-state index in [0.29, 0.717) is 12.8 Å². The van der Waals surface area contributed by atoms with Gasteiger partial charge in [-0.25, -0.2) is 0 Å². The van der Waals surface area contributed by atoms with Gasteiger partial charge in [0.1, 0.15) is 6.04 Å². The molecule has 0 rings (SSSR count). The predicted octanol–water partition coefficient (Wildman–Crippen LogP) is -0.741. The van der Waals surface area contributed by atoms with Crippen LogP contribution in [0.25, 0.3) is 0 Å². The molecule has 60 valence electrons. The average Bonchev–Trinajstić information content (AvgIpc) is 1.98. The third-order valence-electron chi connectivity index (χ3n) is 1.18. The molecule has 0 spiro atoms. The predicted molar refractivity (Wildman–Crippen MR) is 36.3 cm³/mol. The minimum Gasteiger partial charge on any atom is -0.468 e. The molecule has 0 aliphatic heterocycles. The van der Waals surface area contributed by atoms with E-state index in [4.69, 9.17) is 10.8 Å². The Labute approximate surface area is 60.0 Å². The van der Waals surface area contributed by atoms with E-state index >= 15 is 0 Å². The van der Waals surface area contributed by atoms with Crippen LogP contribution in [0.2, 0.25) is 0 Å². The van der Waals surface area contributed by atoms with Gasteiger partial charge in [0.05, 0.1) is 7.11 Å². The molecule has 4 nitrogen and oxygen atoms in total.